The molecule has 0 saturated heterocycles. The van der Waals surface area contributed by atoms with Crippen molar-refractivity contribution in [2.45, 2.75) is 13.1 Å². The summed E-state index contributed by atoms with van der Waals surface area (Å²) in [6.45, 7) is 0.0668. The summed E-state index contributed by atoms with van der Waals surface area (Å²) in [5, 5.41) is 7.10. The van der Waals surface area contributed by atoms with Gasteiger partial charge in [-0.05, 0) is 23.6 Å². The number of imide groups is 1. The number of benzene rings is 1. The molecular weight excluding hydrogens is 328 g/mol. The number of nitrogens with one attached hydrogen (secondary N) is 2. The summed E-state index contributed by atoms with van der Waals surface area (Å²) in [7, 11) is 0. The van der Waals surface area contributed by atoms with E-state index in [-0.39, 0.29) is 12.1 Å². The van der Waals surface area contributed by atoms with E-state index in [1.54, 1.807) is 24.3 Å². The van der Waals surface area contributed by atoms with Crippen LogP contribution in [0.1, 0.15) is 4.88 Å². The molecule has 8 heteroatoms. The van der Waals surface area contributed by atoms with Gasteiger partial charge in [-0.15, -0.1) is 11.3 Å². The van der Waals surface area contributed by atoms with Crippen molar-refractivity contribution in [1.29, 1.82) is 0 Å². The van der Waals surface area contributed by atoms with Crippen LogP contribution in [0.3, 0.4) is 0 Å². The maximum absolute atomic E-state index is 12.3. The van der Waals surface area contributed by atoms with Crippen molar-refractivity contribution < 1.29 is 9.59 Å². The lowest BCUT2D eigenvalue weighted by molar-refractivity contribution is -0.120. The van der Waals surface area contributed by atoms with E-state index in [0.717, 1.165) is 4.88 Å². The van der Waals surface area contributed by atoms with Crippen molar-refractivity contribution in [2.75, 3.05) is 0 Å². The van der Waals surface area contributed by atoms with Gasteiger partial charge in [-0.25, -0.2) is 9.78 Å². The first-order chi connectivity index (χ1) is 11.6. The quantitative estimate of drug-likeness (QED) is 0.751. The molecule has 2 aromatic heterocycles. The van der Waals surface area contributed by atoms with Gasteiger partial charge in [0.15, 0.2) is 0 Å². The number of thiophene rings is 1. The summed E-state index contributed by atoms with van der Waals surface area (Å²) in [6.07, 6.45) is 1.30. The maximum atomic E-state index is 12.3. The van der Waals surface area contributed by atoms with Crippen LogP contribution in [0.15, 0.2) is 52.9 Å². The maximum Gasteiger partial charge on any atom is 0.321 e. The molecule has 0 aliphatic rings. The standard InChI is InChI=1S/C16H14N4O3S/c21-14(19-16(23)17-8-11-4-3-7-24-11)9-20-10-18-13-6-2-1-5-12(13)15(20)22/h1-7,10H,8-9H2,(H2,17,19,21,23). The van der Waals surface area contributed by atoms with Crippen LogP contribution in [-0.2, 0) is 17.9 Å². The Balaban J connectivity index is 1.61. The van der Waals surface area contributed by atoms with Crippen LogP contribution >= 0.6 is 11.3 Å². The molecule has 2 heterocycles. The van der Waals surface area contributed by atoms with Crippen LogP contribution in [0.5, 0.6) is 0 Å². The Kier molecular flexibility index (Phi) is 4.66. The van der Waals surface area contributed by atoms with Gasteiger partial charge in [-0.3, -0.25) is 19.5 Å². The van der Waals surface area contributed by atoms with E-state index in [1.807, 2.05) is 17.5 Å². The van der Waals surface area contributed by atoms with E-state index in [1.165, 1.54) is 22.2 Å². The number of urea groups is 1. The third-order valence-electron chi connectivity index (χ3n) is 3.30. The van der Waals surface area contributed by atoms with Crippen LogP contribution in [0.25, 0.3) is 10.9 Å². The number of carbonyl (C=O) groups excluding carboxylic acids is 2. The lowest BCUT2D eigenvalue weighted by Crippen LogP contribution is -2.41. The highest BCUT2D eigenvalue weighted by atomic mass is 32.1. The molecule has 3 rings (SSSR count). The molecule has 0 aliphatic carbocycles. The van der Waals surface area contributed by atoms with E-state index in [0.29, 0.717) is 17.4 Å². The van der Waals surface area contributed by atoms with Crippen molar-refractivity contribution in [3.63, 3.8) is 0 Å². The molecule has 3 amide bonds. The minimum Gasteiger partial charge on any atom is -0.333 e. The minimum absolute atomic E-state index is 0.275. The average Bonchev–Trinajstić information content (AvgIpc) is 3.09. The van der Waals surface area contributed by atoms with Crippen molar-refractivity contribution >= 4 is 34.2 Å². The Bertz CT molecular complexity index is 934. The van der Waals surface area contributed by atoms with E-state index in [2.05, 4.69) is 15.6 Å². The lowest BCUT2D eigenvalue weighted by atomic mass is 10.2. The highest BCUT2D eigenvalue weighted by molar-refractivity contribution is 7.09. The number of amides is 3. The van der Waals surface area contributed by atoms with Gasteiger partial charge in [0.1, 0.15) is 6.54 Å². The van der Waals surface area contributed by atoms with Gasteiger partial charge < -0.3 is 5.32 Å². The number of para-hydroxylation sites is 1. The number of hydrogen-bond acceptors (Lipinski definition) is 5. The Hall–Kier alpha value is -3.00. The molecular formula is C16H14N4O3S. The predicted molar refractivity (Wildman–Crippen MR) is 90.7 cm³/mol. The first-order valence-corrected chi connectivity index (χ1v) is 8.06. The zero-order chi connectivity index (χ0) is 16.9. The second-order valence-corrected chi connectivity index (χ2v) is 6.04. The van der Waals surface area contributed by atoms with Crippen LogP contribution in [0, 0.1) is 0 Å². The molecule has 24 heavy (non-hydrogen) atoms. The highest BCUT2D eigenvalue weighted by Crippen LogP contribution is 2.07. The average molecular weight is 342 g/mol. The molecule has 0 aliphatic heterocycles. The first-order valence-electron chi connectivity index (χ1n) is 7.18. The summed E-state index contributed by atoms with van der Waals surface area (Å²) >= 11 is 1.51. The molecule has 0 radical (unpaired) electrons. The summed E-state index contributed by atoms with van der Waals surface area (Å²) in [6, 6.07) is 10.0. The van der Waals surface area contributed by atoms with Gasteiger partial charge >= 0.3 is 6.03 Å². The molecule has 0 saturated carbocycles. The highest BCUT2D eigenvalue weighted by Gasteiger charge is 2.11. The Morgan fingerprint density at radius 1 is 1.17 bits per heavy atom. The van der Waals surface area contributed by atoms with Gasteiger partial charge in [-0.2, -0.15) is 0 Å². The van der Waals surface area contributed by atoms with E-state index in [9.17, 15) is 14.4 Å². The fourth-order valence-electron chi connectivity index (χ4n) is 2.16. The van der Waals surface area contributed by atoms with E-state index >= 15 is 0 Å². The zero-order valence-electron chi connectivity index (χ0n) is 12.6. The third-order valence-corrected chi connectivity index (χ3v) is 4.18. The normalized spacial score (nSPS) is 10.5. The number of aromatic nitrogens is 2. The number of rotatable bonds is 4. The largest absolute Gasteiger partial charge is 0.333 e. The third kappa shape index (κ3) is 3.66. The Morgan fingerprint density at radius 2 is 2.00 bits per heavy atom. The smallest absolute Gasteiger partial charge is 0.321 e. The van der Waals surface area contributed by atoms with Gasteiger partial charge in [0, 0.05) is 4.88 Å². The molecule has 2 N–H and O–H groups in total. The number of fused-ring (bicyclic) bond motifs is 1. The van der Waals surface area contributed by atoms with Crippen LogP contribution < -0.4 is 16.2 Å². The summed E-state index contributed by atoms with van der Waals surface area (Å²) in [5.41, 5.74) is 0.239. The molecule has 0 spiro atoms. The van der Waals surface area contributed by atoms with Crippen molar-refractivity contribution in [1.82, 2.24) is 20.2 Å². The summed E-state index contributed by atoms with van der Waals surface area (Å²) in [5.74, 6) is -0.585. The van der Waals surface area contributed by atoms with Crippen molar-refractivity contribution in [3.8, 4) is 0 Å². The van der Waals surface area contributed by atoms with E-state index in [4.69, 9.17) is 0 Å². The molecule has 0 bridgehead atoms. The second-order valence-electron chi connectivity index (χ2n) is 5.00. The molecule has 3 aromatic rings. The molecule has 0 atom stereocenters. The van der Waals surface area contributed by atoms with Gasteiger partial charge in [0.25, 0.3) is 5.56 Å². The van der Waals surface area contributed by atoms with E-state index < -0.39 is 11.9 Å². The number of carbonyl (C=O) groups is 2. The Labute approximate surface area is 141 Å². The summed E-state index contributed by atoms with van der Waals surface area (Å²) in [4.78, 5) is 41.0. The molecule has 0 fully saturated rings. The first kappa shape index (κ1) is 15.9. The van der Waals surface area contributed by atoms with Gasteiger partial charge in [-0.1, -0.05) is 18.2 Å². The van der Waals surface area contributed by atoms with Crippen molar-refractivity contribution in [3.05, 3.63) is 63.3 Å². The van der Waals surface area contributed by atoms with Gasteiger partial charge in [0.05, 0.1) is 23.8 Å². The fraction of sp³-hybridized carbons (Fsp3) is 0.125. The molecule has 1 aromatic carbocycles. The second kappa shape index (κ2) is 7.05. The number of nitrogens with zero attached hydrogens (tertiary/aromatic N) is 2. The topological polar surface area (TPSA) is 93.1 Å². The fourth-order valence-corrected chi connectivity index (χ4v) is 2.81. The zero-order valence-corrected chi connectivity index (χ0v) is 13.4. The van der Waals surface area contributed by atoms with Crippen LogP contribution in [-0.4, -0.2) is 21.5 Å². The molecule has 122 valence electrons. The minimum atomic E-state index is -0.602. The molecule has 0 unspecified atom stereocenters. The molecule has 7 nitrogen and oxygen atoms in total. The predicted octanol–water partition coefficient (Wildman–Crippen LogP) is 1.48. The monoisotopic (exact) mass is 342 g/mol. The van der Waals surface area contributed by atoms with Crippen LogP contribution in [0.4, 0.5) is 4.79 Å². The van der Waals surface area contributed by atoms with Gasteiger partial charge in [0.2, 0.25) is 5.91 Å². The number of hydrogen-bond donors (Lipinski definition) is 2. The lowest BCUT2D eigenvalue weighted by Gasteiger charge is -2.08. The summed E-state index contributed by atoms with van der Waals surface area (Å²) < 4.78 is 1.17. The van der Waals surface area contributed by atoms with Crippen LogP contribution in [0.2, 0.25) is 0 Å². The SMILES string of the molecule is O=C(Cn1cnc2ccccc2c1=O)NC(=O)NCc1cccs1. The van der Waals surface area contributed by atoms with Crippen molar-refractivity contribution in [2.24, 2.45) is 0 Å². The Morgan fingerprint density at radius 3 is 2.79 bits per heavy atom.